The molecule has 130 valence electrons. The Morgan fingerprint density at radius 1 is 1.38 bits per heavy atom. The second-order valence-electron chi connectivity index (χ2n) is 6.01. The molecule has 0 aliphatic carbocycles. The van der Waals surface area contributed by atoms with Gasteiger partial charge >= 0.3 is 0 Å². The Balaban J connectivity index is 1.63. The van der Waals surface area contributed by atoms with Gasteiger partial charge in [0.25, 0.3) is 5.91 Å². The minimum absolute atomic E-state index is 0.0157. The van der Waals surface area contributed by atoms with Crippen LogP contribution in [0.25, 0.3) is 10.6 Å². The number of thiazole rings is 1. The van der Waals surface area contributed by atoms with Gasteiger partial charge in [0.15, 0.2) is 0 Å². The summed E-state index contributed by atoms with van der Waals surface area (Å²) in [6, 6.07) is 0.193. The third-order valence-corrected chi connectivity index (χ3v) is 5.37. The van der Waals surface area contributed by atoms with Crippen LogP contribution in [-0.2, 0) is 7.05 Å². The predicted molar refractivity (Wildman–Crippen MR) is 93.0 cm³/mol. The van der Waals surface area contributed by atoms with E-state index in [1.807, 2.05) is 23.5 Å². The zero-order chi connectivity index (χ0) is 17.1. The number of aliphatic hydroxyl groups excluding tert-OH is 1. The molecule has 24 heavy (non-hydrogen) atoms. The first-order valence-corrected chi connectivity index (χ1v) is 9.09. The summed E-state index contributed by atoms with van der Waals surface area (Å²) in [5.41, 5.74) is 1.43. The van der Waals surface area contributed by atoms with E-state index < -0.39 is 0 Å². The molecule has 8 heteroatoms. The Kier molecular flexibility index (Phi) is 5.27. The molecular formula is C16H23N5O2S. The highest BCUT2D eigenvalue weighted by molar-refractivity contribution is 7.13. The fourth-order valence-corrected chi connectivity index (χ4v) is 3.76. The van der Waals surface area contributed by atoms with Crippen LogP contribution in [0.15, 0.2) is 17.8 Å². The van der Waals surface area contributed by atoms with E-state index in [1.165, 1.54) is 11.3 Å². The van der Waals surface area contributed by atoms with Gasteiger partial charge in [-0.25, -0.2) is 4.98 Å². The van der Waals surface area contributed by atoms with E-state index in [0.29, 0.717) is 18.8 Å². The standard InChI is InChI=1S/C16H23N5O2S/c1-3-13(10-22)20-4-6-21(7-5-20)16(23)14-11-24-15(18-14)12-8-17-19(2)9-12/h8-9,11,13,22H,3-7,10H2,1-2H3. The zero-order valence-electron chi connectivity index (χ0n) is 14.1. The van der Waals surface area contributed by atoms with Crippen LogP contribution in [0.2, 0.25) is 0 Å². The van der Waals surface area contributed by atoms with Gasteiger partial charge in [0.1, 0.15) is 10.7 Å². The number of carbonyl (C=O) groups is 1. The van der Waals surface area contributed by atoms with Gasteiger partial charge in [-0.2, -0.15) is 5.10 Å². The topological polar surface area (TPSA) is 74.5 Å². The fourth-order valence-electron chi connectivity index (χ4n) is 2.99. The van der Waals surface area contributed by atoms with Crippen LogP contribution < -0.4 is 0 Å². The van der Waals surface area contributed by atoms with Crippen molar-refractivity contribution in [3.8, 4) is 10.6 Å². The molecule has 0 saturated carbocycles. The van der Waals surface area contributed by atoms with Crippen molar-refractivity contribution in [3.05, 3.63) is 23.5 Å². The first-order valence-electron chi connectivity index (χ1n) is 8.21. The van der Waals surface area contributed by atoms with Crippen molar-refractivity contribution in [2.75, 3.05) is 32.8 Å². The molecule has 0 spiro atoms. The summed E-state index contributed by atoms with van der Waals surface area (Å²) in [6.45, 7) is 5.19. The van der Waals surface area contributed by atoms with Gasteiger partial charge in [0.05, 0.1) is 12.8 Å². The molecule has 1 aliphatic heterocycles. The first kappa shape index (κ1) is 17.1. The summed E-state index contributed by atoms with van der Waals surface area (Å²) in [7, 11) is 1.86. The number of hydrogen-bond donors (Lipinski definition) is 1. The molecule has 1 saturated heterocycles. The molecule has 0 radical (unpaired) electrons. The van der Waals surface area contributed by atoms with E-state index in [0.717, 1.165) is 30.1 Å². The minimum atomic E-state index is -0.0157. The lowest BCUT2D eigenvalue weighted by Gasteiger charge is -2.38. The van der Waals surface area contributed by atoms with Gasteiger partial charge in [-0.05, 0) is 6.42 Å². The molecule has 1 N–H and O–H groups in total. The summed E-state index contributed by atoms with van der Waals surface area (Å²) in [5, 5.41) is 16.2. The Bertz CT molecular complexity index is 686. The van der Waals surface area contributed by atoms with Crippen molar-refractivity contribution in [2.45, 2.75) is 19.4 Å². The van der Waals surface area contributed by atoms with Crippen molar-refractivity contribution in [1.82, 2.24) is 24.6 Å². The number of amides is 1. The molecule has 1 aliphatic rings. The average Bonchev–Trinajstić information content (AvgIpc) is 3.25. The van der Waals surface area contributed by atoms with Gasteiger partial charge in [-0.3, -0.25) is 14.4 Å². The fraction of sp³-hybridized carbons (Fsp3) is 0.562. The van der Waals surface area contributed by atoms with Crippen LogP contribution >= 0.6 is 11.3 Å². The van der Waals surface area contributed by atoms with Crippen LogP contribution in [0.3, 0.4) is 0 Å². The SMILES string of the molecule is CCC(CO)N1CCN(C(=O)c2csc(-c3cnn(C)c3)n2)CC1. The molecular weight excluding hydrogens is 326 g/mol. The number of aliphatic hydroxyl groups is 1. The third kappa shape index (κ3) is 3.50. The normalized spacial score (nSPS) is 17.2. The lowest BCUT2D eigenvalue weighted by molar-refractivity contribution is 0.0469. The number of rotatable bonds is 5. The van der Waals surface area contributed by atoms with E-state index >= 15 is 0 Å². The number of hydrogen-bond acceptors (Lipinski definition) is 6. The number of aromatic nitrogens is 3. The molecule has 2 aromatic rings. The molecule has 7 nitrogen and oxygen atoms in total. The van der Waals surface area contributed by atoms with Gasteiger partial charge in [0.2, 0.25) is 0 Å². The highest BCUT2D eigenvalue weighted by Gasteiger charge is 2.26. The predicted octanol–water partition coefficient (Wildman–Crippen LogP) is 1.07. The highest BCUT2D eigenvalue weighted by Crippen LogP contribution is 2.24. The number of carbonyl (C=O) groups excluding carboxylic acids is 1. The van der Waals surface area contributed by atoms with Gasteiger partial charge in [0, 0.05) is 56.4 Å². The molecule has 2 aromatic heterocycles. The maximum Gasteiger partial charge on any atom is 0.273 e. The van der Waals surface area contributed by atoms with Crippen LogP contribution in [0.1, 0.15) is 23.8 Å². The average molecular weight is 349 g/mol. The summed E-state index contributed by atoms with van der Waals surface area (Å²) in [6.07, 6.45) is 4.57. The monoisotopic (exact) mass is 349 g/mol. The second-order valence-corrected chi connectivity index (χ2v) is 6.87. The Morgan fingerprint density at radius 3 is 2.71 bits per heavy atom. The quantitative estimate of drug-likeness (QED) is 0.874. The van der Waals surface area contributed by atoms with E-state index in [9.17, 15) is 9.90 Å². The maximum atomic E-state index is 12.6. The van der Waals surface area contributed by atoms with E-state index in [-0.39, 0.29) is 18.6 Å². The number of aryl methyl sites for hydroxylation is 1. The Hall–Kier alpha value is -1.77. The smallest absolute Gasteiger partial charge is 0.273 e. The number of piperazine rings is 1. The largest absolute Gasteiger partial charge is 0.395 e. The van der Waals surface area contributed by atoms with Gasteiger partial charge < -0.3 is 10.0 Å². The van der Waals surface area contributed by atoms with Crippen molar-refractivity contribution in [3.63, 3.8) is 0 Å². The van der Waals surface area contributed by atoms with E-state index in [4.69, 9.17) is 0 Å². The van der Waals surface area contributed by atoms with E-state index in [2.05, 4.69) is 21.9 Å². The molecule has 0 aromatic carbocycles. The van der Waals surface area contributed by atoms with Crippen molar-refractivity contribution >= 4 is 17.2 Å². The van der Waals surface area contributed by atoms with Gasteiger partial charge in [-0.1, -0.05) is 6.92 Å². The molecule has 1 amide bonds. The molecule has 1 fully saturated rings. The molecule has 3 rings (SSSR count). The first-order chi connectivity index (χ1) is 11.6. The van der Waals surface area contributed by atoms with Crippen molar-refractivity contribution in [1.29, 1.82) is 0 Å². The van der Waals surface area contributed by atoms with E-state index in [1.54, 1.807) is 10.9 Å². The molecule has 3 heterocycles. The molecule has 1 atom stereocenters. The molecule has 0 bridgehead atoms. The lowest BCUT2D eigenvalue weighted by atomic mass is 10.1. The van der Waals surface area contributed by atoms with Crippen LogP contribution in [0.5, 0.6) is 0 Å². The summed E-state index contributed by atoms with van der Waals surface area (Å²) in [5.74, 6) is -0.0157. The summed E-state index contributed by atoms with van der Waals surface area (Å²) >= 11 is 1.47. The summed E-state index contributed by atoms with van der Waals surface area (Å²) in [4.78, 5) is 21.2. The zero-order valence-corrected chi connectivity index (χ0v) is 14.9. The lowest BCUT2D eigenvalue weighted by Crippen LogP contribution is -2.52. The minimum Gasteiger partial charge on any atom is -0.395 e. The maximum absolute atomic E-state index is 12.6. The van der Waals surface area contributed by atoms with Crippen LogP contribution in [-0.4, -0.2) is 74.4 Å². The summed E-state index contributed by atoms with van der Waals surface area (Å²) < 4.78 is 1.72. The van der Waals surface area contributed by atoms with Crippen molar-refractivity contribution < 1.29 is 9.90 Å². The second kappa shape index (κ2) is 7.42. The highest BCUT2D eigenvalue weighted by atomic mass is 32.1. The molecule has 1 unspecified atom stereocenters. The van der Waals surface area contributed by atoms with Crippen LogP contribution in [0.4, 0.5) is 0 Å². The Morgan fingerprint density at radius 2 is 2.12 bits per heavy atom. The Labute approximate surface area is 145 Å². The van der Waals surface area contributed by atoms with Crippen molar-refractivity contribution in [2.24, 2.45) is 7.05 Å². The van der Waals surface area contributed by atoms with Crippen LogP contribution in [0, 0.1) is 0 Å². The number of nitrogens with zero attached hydrogens (tertiary/aromatic N) is 5. The third-order valence-electron chi connectivity index (χ3n) is 4.47. The van der Waals surface area contributed by atoms with Gasteiger partial charge in [-0.15, -0.1) is 11.3 Å².